The molecule has 1 fully saturated rings. The van der Waals surface area contributed by atoms with Crippen molar-refractivity contribution in [3.05, 3.63) is 59.1 Å². The maximum atomic E-state index is 14.0. The third kappa shape index (κ3) is 4.02. The lowest BCUT2D eigenvalue weighted by atomic mass is 9.78. The zero-order valence-electron chi connectivity index (χ0n) is 18.1. The van der Waals surface area contributed by atoms with E-state index in [9.17, 15) is 9.18 Å². The first kappa shape index (κ1) is 22.4. The quantitative estimate of drug-likeness (QED) is 0.381. The summed E-state index contributed by atoms with van der Waals surface area (Å²) in [6.45, 7) is 0. The number of alkyl halides is 1. The lowest BCUT2D eigenvalue weighted by Crippen LogP contribution is -2.28. The molecule has 174 valence electrons. The van der Waals surface area contributed by atoms with Crippen LogP contribution in [0.3, 0.4) is 0 Å². The van der Waals surface area contributed by atoms with Crippen molar-refractivity contribution in [1.29, 1.82) is 0 Å². The number of aliphatic carboxylic acids is 1. The SMILES string of the molecule is Nc1c(Br)c([C@H]2CC[C@@H](C(F)C(=O)O)CC2)nc2c(-c3ccc(-c4ccccn4)nc3)cnn12. The molecule has 0 amide bonds. The van der Waals surface area contributed by atoms with Gasteiger partial charge in [-0.3, -0.25) is 9.97 Å². The van der Waals surface area contributed by atoms with Gasteiger partial charge in [0.1, 0.15) is 5.82 Å². The summed E-state index contributed by atoms with van der Waals surface area (Å²) in [7, 11) is 0. The van der Waals surface area contributed by atoms with Gasteiger partial charge < -0.3 is 10.8 Å². The van der Waals surface area contributed by atoms with E-state index >= 15 is 0 Å². The predicted molar refractivity (Wildman–Crippen MR) is 129 cm³/mol. The lowest BCUT2D eigenvalue weighted by molar-refractivity contribution is -0.145. The molecule has 1 saturated carbocycles. The summed E-state index contributed by atoms with van der Waals surface area (Å²) in [6.07, 6.45) is 5.64. The number of anilines is 1. The molecule has 34 heavy (non-hydrogen) atoms. The van der Waals surface area contributed by atoms with Gasteiger partial charge in [0.05, 0.1) is 27.8 Å². The van der Waals surface area contributed by atoms with E-state index in [4.69, 9.17) is 15.8 Å². The summed E-state index contributed by atoms with van der Waals surface area (Å²) in [6, 6.07) is 9.53. The first-order valence-electron chi connectivity index (χ1n) is 11.0. The lowest BCUT2D eigenvalue weighted by Gasteiger charge is -2.29. The fourth-order valence-electron chi connectivity index (χ4n) is 4.59. The van der Waals surface area contributed by atoms with Gasteiger partial charge in [-0.25, -0.2) is 14.2 Å². The Hall–Kier alpha value is -3.40. The first-order valence-corrected chi connectivity index (χ1v) is 11.8. The highest BCUT2D eigenvalue weighted by Gasteiger charge is 2.34. The van der Waals surface area contributed by atoms with Gasteiger partial charge in [0.15, 0.2) is 11.8 Å². The molecule has 5 rings (SSSR count). The normalized spacial score (nSPS) is 19.2. The van der Waals surface area contributed by atoms with Crippen LogP contribution < -0.4 is 5.73 Å². The number of pyridine rings is 2. The number of nitrogen functional groups attached to an aromatic ring is 1. The monoisotopic (exact) mass is 524 g/mol. The number of carboxylic acids is 1. The summed E-state index contributed by atoms with van der Waals surface area (Å²) in [5, 5.41) is 13.4. The standard InChI is InChI=1S/C24H22BrFN6O2/c25-19-21(14-6-4-13(5-7-14)20(26)24(33)34)31-23-16(12-30-32(23)22(19)27)15-8-9-18(29-11-15)17-3-1-2-10-28-17/h1-3,8-14,20H,4-7,27H2,(H,33,34)/t13-,14+,20?. The molecule has 0 bridgehead atoms. The van der Waals surface area contributed by atoms with E-state index in [-0.39, 0.29) is 5.92 Å². The Morgan fingerprint density at radius 1 is 1.12 bits per heavy atom. The molecule has 8 nitrogen and oxygen atoms in total. The van der Waals surface area contributed by atoms with Gasteiger partial charge in [0.25, 0.3) is 0 Å². The van der Waals surface area contributed by atoms with Crippen LogP contribution in [0.1, 0.15) is 37.3 Å². The molecule has 4 heterocycles. The van der Waals surface area contributed by atoms with Crippen LogP contribution >= 0.6 is 15.9 Å². The van der Waals surface area contributed by atoms with Crippen molar-refractivity contribution in [2.45, 2.75) is 37.8 Å². The Morgan fingerprint density at radius 2 is 1.88 bits per heavy atom. The third-order valence-electron chi connectivity index (χ3n) is 6.46. The first-order chi connectivity index (χ1) is 16.4. The average molecular weight is 525 g/mol. The number of carboxylic acid groups (broad SMARTS) is 1. The molecule has 10 heteroatoms. The van der Waals surface area contributed by atoms with Gasteiger partial charge in [0.2, 0.25) is 0 Å². The van der Waals surface area contributed by atoms with Gasteiger partial charge in [-0.15, -0.1) is 0 Å². The van der Waals surface area contributed by atoms with Gasteiger partial charge in [0, 0.05) is 35.4 Å². The summed E-state index contributed by atoms with van der Waals surface area (Å²) in [5.41, 5.74) is 11.0. The Bertz CT molecular complexity index is 1340. The maximum absolute atomic E-state index is 14.0. The van der Waals surface area contributed by atoms with E-state index in [1.165, 1.54) is 0 Å². The molecular formula is C24H22BrFN6O2. The smallest absolute Gasteiger partial charge is 0.338 e. The Labute approximate surface area is 203 Å². The number of hydrogen-bond acceptors (Lipinski definition) is 6. The molecular weight excluding hydrogens is 503 g/mol. The van der Waals surface area contributed by atoms with Crippen molar-refractivity contribution in [2.24, 2.45) is 5.92 Å². The minimum atomic E-state index is -1.83. The second kappa shape index (κ2) is 9.09. The van der Waals surface area contributed by atoms with E-state index in [2.05, 4.69) is 31.0 Å². The van der Waals surface area contributed by atoms with E-state index in [0.717, 1.165) is 28.2 Å². The van der Waals surface area contributed by atoms with Crippen LogP contribution in [0.4, 0.5) is 10.2 Å². The molecule has 1 atom stereocenters. The molecule has 0 radical (unpaired) electrons. The highest BCUT2D eigenvalue weighted by atomic mass is 79.9. The van der Waals surface area contributed by atoms with Gasteiger partial charge in [-0.2, -0.15) is 9.61 Å². The highest BCUT2D eigenvalue weighted by molar-refractivity contribution is 9.10. The Balaban J connectivity index is 1.46. The fraction of sp³-hybridized carbons (Fsp3) is 0.292. The number of rotatable bonds is 5. The fourth-order valence-corrected chi connectivity index (χ4v) is 5.17. The minimum Gasteiger partial charge on any atom is -0.479 e. The van der Waals surface area contributed by atoms with E-state index < -0.39 is 18.1 Å². The van der Waals surface area contributed by atoms with Crippen LogP contribution in [0.15, 0.2) is 53.4 Å². The van der Waals surface area contributed by atoms with Crippen molar-refractivity contribution in [2.75, 3.05) is 5.73 Å². The van der Waals surface area contributed by atoms with Crippen molar-refractivity contribution in [1.82, 2.24) is 24.6 Å². The largest absolute Gasteiger partial charge is 0.479 e. The highest BCUT2D eigenvalue weighted by Crippen LogP contribution is 2.41. The number of aromatic nitrogens is 5. The number of hydrogen-bond donors (Lipinski definition) is 2. The molecule has 1 aliphatic carbocycles. The average Bonchev–Trinajstić information content (AvgIpc) is 3.30. The predicted octanol–water partition coefficient (Wildman–Crippen LogP) is 4.89. The molecule has 0 aliphatic heterocycles. The van der Waals surface area contributed by atoms with Crippen molar-refractivity contribution >= 4 is 33.4 Å². The number of nitrogens with zero attached hydrogens (tertiary/aromatic N) is 5. The Kier molecular flexibility index (Phi) is 5.99. The van der Waals surface area contributed by atoms with E-state index in [0.29, 0.717) is 41.6 Å². The van der Waals surface area contributed by atoms with E-state index in [1.54, 1.807) is 23.1 Å². The minimum absolute atomic E-state index is 0.0475. The topological polar surface area (TPSA) is 119 Å². The van der Waals surface area contributed by atoms with Crippen LogP contribution in [-0.2, 0) is 4.79 Å². The van der Waals surface area contributed by atoms with Crippen molar-refractivity contribution in [3.63, 3.8) is 0 Å². The molecule has 1 unspecified atom stereocenters. The van der Waals surface area contributed by atoms with E-state index in [1.807, 2.05) is 30.3 Å². The molecule has 3 N–H and O–H groups in total. The summed E-state index contributed by atoms with van der Waals surface area (Å²) < 4.78 is 16.2. The van der Waals surface area contributed by atoms with Crippen LogP contribution in [0, 0.1) is 5.92 Å². The molecule has 0 saturated heterocycles. The van der Waals surface area contributed by atoms with Crippen LogP contribution in [-0.4, -0.2) is 41.8 Å². The molecule has 4 aromatic heterocycles. The zero-order chi connectivity index (χ0) is 23.8. The van der Waals surface area contributed by atoms with Crippen molar-refractivity contribution in [3.8, 4) is 22.5 Å². The van der Waals surface area contributed by atoms with Gasteiger partial charge in [-0.1, -0.05) is 12.1 Å². The van der Waals surface area contributed by atoms with Gasteiger partial charge >= 0.3 is 5.97 Å². The second-order valence-corrected chi connectivity index (χ2v) is 9.28. The summed E-state index contributed by atoms with van der Waals surface area (Å²) in [5.74, 6) is -1.38. The van der Waals surface area contributed by atoms with Crippen LogP contribution in [0.5, 0.6) is 0 Å². The summed E-state index contributed by atoms with van der Waals surface area (Å²) in [4.78, 5) is 24.8. The van der Waals surface area contributed by atoms with Crippen LogP contribution in [0.2, 0.25) is 0 Å². The molecule has 0 spiro atoms. The van der Waals surface area contributed by atoms with Gasteiger partial charge in [-0.05, 0) is 59.8 Å². The molecule has 4 aromatic rings. The molecule has 1 aliphatic rings. The number of carbonyl (C=O) groups is 1. The second-order valence-electron chi connectivity index (χ2n) is 8.49. The summed E-state index contributed by atoms with van der Waals surface area (Å²) >= 11 is 3.57. The van der Waals surface area contributed by atoms with Crippen molar-refractivity contribution < 1.29 is 14.3 Å². The number of nitrogens with two attached hydrogens (primary N) is 1. The Morgan fingerprint density at radius 3 is 2.53 bits per heavy atom. The number of fused-ring (bicyclic) bond motifs is 1. The zero-order valence-corrected chi connectivity index (χ0v) is 19.7. The number of halogens is 2. The third-order valence-corrected chi connectivity index (χ3v) is 7.27. The molecule has 0 aromatic carbocycles. The van der Waals surface area contributed by atoms with Crippen LogP contribution in [0.25, 0.3) is 28.2 Å². The maximum Gasteiger partial charge on any atom is 0.338 e.